The third-order valence-electron chi connectivity index (χ3n) is 5.49. The monoisotopic (exact) mass is 344 g/mol. The lowest BCUT2D eigenvalue weighted by Crippen LogP contribution is -2.62. The lowest BCUT2D eigenvalue weighted by Gasteiger charge is -2.46. The van der Waals surface area contributed by atoms with Crippen LogP contribution in [0.4, 0.5) is 0 Å². The van der Waals surface area contributed by atoms with Crippen molar-refractivity contribution in [3.05, 3.63) is 23.8 Å². The molecule has 0 atom stereocenters. The fourth-order valence-electron chi connectivity index (χ4n) is 4.10. The average Bonchev–Trinajstić information content (AvgIpc) is 3.15. The van der Waals surface area contributed by atoms with Gasteiger partial charge in [-0.05, 0) is 40.9 Å². The number of aromatic nitrogens is 2. The second-order valence-electron chi connectivity index (χ2n) is 6.96. The first-order valence-corrected chi connectivity index (χ1v) is 9.10. The molecule has 2 aliphatic rings. The van der Waals surface area contributed by atoms with Crippen LogP contribution in [0.2, 0.25) is 0 Å². The molecule has 0 spiro atoms. The molecule has 2 aromatic rings. The normalized spacial score (nSPS) is 21.3. The quantitative estimate of drug-likeness (QED) is 0.912. The Balaban J connectivity index is 1.48. The minimum atomic E-state index is -0.373. The van der Waals surface area contributed by atoms with E-state index in [2.05, 4.69) is 20.5 Å². The van der Waals surface area contributed by atoms with E-state index in [0.29, 0.717) is 25.3 Å². The van der Waals surface area contributed by atoms with Gasteiger partial charge in [0.2, 0.25) is 5.91 Å². The maximum atomic E-state index is 13.2. The van der Waals surface area contributed by atoms with Crippen molar-refractivity contribution in [3.63, 3.8) is 0 Å². The molecule has 134 valence electrons. The van der Waals surface area contributed by atoms with E-state index in [1.165, 1.54) is 6.42 Å². The van der Waals surface area contributed by atoms with Crippen molar-refractivity contribution in [2.24, 2.45) is 0 Å². The van der Waals surface area contributed by atoms with Gasteiger partial charge < -0.3 is 10.1 Å². The Morgan fingerprint density at radius 3 is 2.68 bits per heavy atom. The second-order valence-corrected chi connectivity index (χ2v) is 6.96. The molecule has 1 saturated heterocycles. The molecule has 1 aliphatic heterocycles. The molecule has 25 heavy (non-hydrogen) atoms. The average molecular weight is 344 g/mol. The van der Waals surface area contributed by atoms with E-state index in [4.69, 9.17) is 9.37 Å². The van der Waals surface area contributed by atoms with Crippen LogP contribution in [0.3, 0.4) is 0 Å². The van der Waals surface area contributed by atoms with Crippen LogP contribution in [-0.2, 0) is 16.1 Å². The Morgan fingerprint density at radius 2 is 1.88 bits per heavy atom. The number of nitrogens with zero attached hydrogens (tertiary/aromatic N) is 3. The van der Waals surface area contributed by atoms with Crippen LogP contribution in [0.1, 0.15) is 37.7 Å². The molecular weight excluding hydrogens is 320 g/mol. The molecule has 1 aromatic carbocycles. The number of nitrogens with one attached hydrogen (secondary N) is 1. The van der Waals surface area contributed by atoms with Gasteiger partial charge in [0, 0.05) is 19.6 Å². The number of carbonyl (C=O) groups is 1. The van der Waals surface area contributed by atoms with Gasteiger partial charge in [-0.3, -0.25) is 9.69 Å². The van der Waals surface area contributed by atoms with Crippen LogP contribution >= 0.6 is 0 Å². The second kappa shape index (κ2) is 7.09. The van der Waals surface area contributed by atoms with Crippen molar-refractivity contribution in [1.82, 2.24) is 20.5 Å². The first-order chi connectivity index (χ1) is 12.3. The lowest BCUT2D eigenvalue weighted by atomic mass is 9.79. The number of morpholine rings is 1. The number of rotatable bonds is 4. The van der Waals surface area contributed by atoms with Crippen LogP contribution in [0.15, 0.2) is 22.8 Å². The molecule has 1 amide bonds. The van der Waals surface area contributed by atoms with Gasteiger partial charge in [0.15, 0.2) is 0 Å². The Hall–Kier alpha value is -1.99. The summed E-state index contributed by atoms with van der Waals surface area (Å²) in [5.41, 5.74) is 2.07. The first-order valence-electron chi connectivity index (χ1n) is 9.10. The molecule has 2 heterocycles. The van der Waals surface area contributed by atoms with Gasteiger partial charge in [0.1, 0.15) is 16.6 Å². The summed E-state index contributed by atoms with van der Waals surface area (Å²) in [7, 11) is 0. The van der Waals surface area contributed by atoms with Crippen LogP contribution in [0.5, 0.6) is 0 Å². The maximum Gasteiger partial charge on any atom is 0.240 e. The summed E-state index contributed by atoms with van der Waals surface area (Å²) in [4.78, 5) is 15.5. The summed E-state index contributed by atoms with van der Waals surface area (Å²) in [5, 5.41) is 10.8. The number of hydrogen-bond acceptors (Lipinski definition) is 6. The zero-order valence-corrected chi connectivity index (χ0v) is 14.4. The number of carbonyl (C=O) groups excluding carboxylic acids is 1. The number of amides is 1. The van der Waals surface area contributed by atoms with E-state index < -0.39 is 0 Å². The zero-order valence-electron chi connectivity index (χ0n) is 14.4. The van der Waals surface area contributed by atoms with Gasteiger partial charge in [-0.15, -0.1) is 0 Å². The largest absolute Gasteiger partial charge is 0.379 e. The van der Waals surface area contributed by atoms with Crippen molar-refractivity contribution in [2.75, 3.05) is 26.3 Å². The van der Waals surface area contributed by atoms with Crippen molar-refractivity contribution < 1.29 is 14.2 Å². The van der Waals surface area contributed by atoms with Gasteiger partial charge in [-0.2, -0.15) is 0 Å². The van der Waals surface area contributed by atoms with E-state index in [0.717, 1.165) is 49.9 Å². The van der Waals surface area contributed by atoms with E-state index in [1.54, 1.807) is 0 Å². The number of fused-ring (bicyclic) bond motifs is 1. The van der Waals surface area contributed by atoms with Crippen molar-refractivity contribution in [1.29, 1.82) is 0 Å². The molecule has 1 saturated carbocycles. The number of hydrogen-bond donors (Lipinski definition) is 1. The summed E-state index contributed by atoms with van der Waals surface area (Å²) >= 11 is 0. The Morgan fingerprint density at radius 1 is 1.12 bits per heavy atom. The SMILES string of the molecule is O=C(NCc1ccc2nonc2c1)C1(N2CCOCC2)CCCCC1. The van der Waals surface area contributed by atoms with Crippen molar-refractivity contribution in [3.8, 4) is 0 Å². The molecular formula is C18H24N4O3. The van der Waals surface area contributed by atoms with Crippen LogP contribution in [0, 0.1) is 0 Å². The summed E-state index contributed by atoms with van der Waals surface area (Å²) in [6.45, 7) is 3.59. The third-order valence-corrected chi connectivity index (χ3v) is 5.49. The molecule has 1 aliphatic carbocycles. The smallest absolute Gasteiger partial charge is 0.240 e. The Labute approximate surface area is 146 Å². The summed E-state index contributed by atoms with van der Waals surface area (Å²) in [6, 6.07) is 5.73. The summed E-state index contributed by atoms with van der Waals surface area (Å²) < 4.78 is 10.2. The molecule has 7 heteroatoms. The Kier molecular flexibility index (Phi) is 4.67. The fourth-order valence-corrected chi connectivity index (χ4v) is 4.10. The minimum absolute atomic E-state index is 0.146. The highest BCUT2D eigenvalue weighted by Gasteiger charge is 2.44. The molecule has 2 fully saturated rings. The van der Waals surface area contributed by atoms with Crippen LogP contribution < -0.4 is 5.32 Å². The summed E-state index contributed by atoms with van der Waals surface area (Å²) in [5.74, 6) is 0.146. The highest BCUT2D eigenvalue weighted by Crippen LogP contribution is 2.34. The van der Waals surface area contributed by atoms with E-state index in [9.17, 15) is 4.79 Å². The molecule has 7 nitrogen and oxygen atoms in total. The topological polar surface area (TPSA) is 80.5 Å². The Bertz CT molecular complexity index is 733. The third kappa shape index (κ3) is 3.26. The predicted molar refractivity (Wildman–Crippen MR) is 91.9 cm³/mol. The zero-order chi connectivity index (χ0) is 17.1. The fraction of sp³-hybridized carbons (Fsp3) is 0.611. The van der Waals surface area contributed by atoms with E-state index in [-0.39, 0.29) is 11.4 Å². The van der Waals surface area contributed by atoms with E-state index in [1.807, 2.05) is 18.2 Å². The van der Waals surface area contributed by atoms with E-state index >= 15 is 0 Å². The predicted octanol–water partition coefficient (Wildman–Crippen LogP) is 1.87. The van der Waals surface area contributed by atoms with Gasteiger partial charge in [0.05, 0.1) is 13.2 Å². The number of benzene rings is 1. The molecule has 1 N–H and O–H groups in total. The maximum absolute atomic E-state index is 13.2. The molecule has 0 bridgehead atoms. The van der Waals surface area contributed by atoms with Crippen LogP contribution in [-0.4, -0.2) is 53.0 Å². The van der Waals surface area contributed by atoms with Gasteiger partial charge in [-0.25, -0.2) is 4.63 Å². The van der Waals surface area contributed by atoms with Crippen molar-refractivity contribution >= 4 is 16.9 Å². The highest BCUT2D eigenvalue weighted by atomic mass is 16.6. The van der Waals surface area contributed by atoms with Gasteiger partial charge >= 0.3 is 0 Å². The van der Waals surface area contributed by atoms with Gasteiger partial charge in [0.25, 0.3) is 0 Å². The molecule has 1 aromatic heterocycles. The molecule has 4 rings (SSSR count). The number of ether oxygens (including phenoxy) is 1. The van der Waals surface area contributed by atoms with Gasteiger partial charge in [-0.1, -0.05) is 25.3 Å². The highest BCUT2D eigenvalue weighted by molar-refractivity contribution is 5.86. The first kappa shape index (κ1) is 16.5. The minimum Gasteiger partial charge on any atom is -0.379 e. The van der Waals surface area contributed by atoms with Crippen molar-refractivity contribution in [2.45, 2.75) is 44.2 Å². The van der Waals surface area contributed by atoms with Crippen LogP contribution in [0.25, 0.3) is 11.0 Å². The molecule has 0 radical (unpaired) electrons. The summed E-state index contributed by atoms with van der Waals surface area (Å²) in [6.07, 6.45) is 5.31. The molecule has 0 unspecified atom stereocenters. The standard InChI is InChI=1S/C18H24N4O3/c23-17(19-13-14-4-5-15-16(12-14)21-25-20-15)18(6-2-1-3-7-18)22-8-10-24-11-9-22/h4-5,12H,1-3,6-11,13H2,(H,19,23). The lowest BCUT2D eigenvalue weighted by molar-refractivity contribution is -0.140.